The van der Waals surface area contributed by atoms with Crippen molar-refractivity contribution in [2.24, 2.45) is 0 Å². The lowest BCUT2D eigenvalue weighted by Crippen LogP contribution is -2.30. The van der Waals surface area contributed by atoms with Crippen LogP contribution in [0.25, 0.3) is 0 Å². The summed E-state index contributed by atoms with van der Waals surface area (Å²) in [7, 11) is 2.89. The first-order valence-electron chi connectivity index (χ1n) is 7.20. The number of amides is 1. The Bertz CT molecular complexity index is 670. The lowest BCUT2D eigenvalue weighted by Gasteiger charge is -2.19. The van der Waals surface area contributed by atoms with Gasteiger partial charge in [-0.3, -0.25) is 9.59 Å². The molecule has 0 saturated carbocycles. The van der Waals surface area contributed by atoms with Gasteiger partial charge in [-0.05, 0) is 29.8 Å². The van der Waals surface area contributed by atoms with Crippen LogP contribution in [0.3, 0.4) is 0 Å². The molecule has 0 aromatic heterocycles. The van der Waals surface area contributed by atoms with Crippen LogP contribution in [0.2, 0.25) is 0 Å². The van der Waals surface area contributed by atoms with E-state index in [9.17, 15) is 9.59 Å². The quantitative estimate of drug-likeness (QED) is 0.833. The van der Waals surface area contributed by atoms with E-state index in [1.54, 1.807) is 43.5 Å². The summed E-state index contributed by atoms with van der Waals surface area (Å²) in [6, 6.07) is 15.6. The minimum atomic E-state index is -0.495. The normalized spacial score (nSPS) is 11.4. The third-order valence-corrected chi connectivity index (χ3v) is 3.44. The lowest BCUT2D eigenvalue weighted by molar-refractivity contribution is -0.141. The molecule has 5 nitrogen and oxygen atoms in total. The molecule has 0 bridgehead atoms. The Kier molecular flexibility index (Phi) is 5.74. The van der Waals surface area contributed by atoms with Gasteiger partial charge < -0.3 is 14.8 Å². The van der Waals surface area contributed by atoms with Gasteiger partial charge in [0.05, 0.1) is 26.7 Å². The topological polar surface area (TPSA) is 64.6 Å². The minimum Gasteiger partial charge on any atom is -0.497 e. The van der Waals surface area contributed by atoms with E-state index in [0.29, 0.717) is 11.3 Å². The van der Waals surface area contributed by atoms with Gasteiger partial charge in [-0.25, -0.2) is 0 Å². The highest BCUT2D eigenvalue weighted by atomic mass is 16.5. The zero-order valence-electron chi connectivity index (χ0n) is 13.1. The van der Waals surface area contributed by atoms with Crippen molar-refractivity contribution in [3.05, 3.63) is 65.7 Å². The summed E-state index contributed by atoms with van der Waals surface area (Å²) in [5, 5.41) is 2.87. The number of esters is 1. The highest BCUT2D eigenvalue weighted by Gasteiger charge is 2.20. The van der Waals surface area contributed by atoms with E-state index in [0.717, 1.165) is 5.56 Å². The third-order valence-electron chi connectivity index (χ3n) is 3.44. The van der Waals surface area contributed by atoms with Crippen LogP contribution in [0.15, 0.2) is 54.6 Å². The summed E-state index contributed by atoms with van der Waals surface area (Å²) in [5.74, 6) is 0.0137. The number of methoxy groups -OCH3 is 2. The monoisotopic (exact) mass is 313 g/mol. The van der Waals surface area contributed by atoms with Crippen molar-refractivity contribution in [1.29, 1.82) is 0 Å². The fourth-order valence-corrected chi connectivity index (χ4v) is 2.19. The largest absolute Gasteiger partial charge is 0.497 e. The van der Waals surface area contributed by atoms with E-state index in [4.69, 9.17) is 9.47 Å². The standard InChI is InChI=1S/C18H19NO4/c1-22-15-10-6-9-14(11-15)16(12-17(20)23-2)19-18(21)13-7-4-3-5-8-13/h3-11,16H,12H2,1-2H3,(H,19,21). The molecule has 1 N–H and O–H groups in total. The fourth-order valence-electron chi connectivity index (χ4n) is 2.19. The number of nitrogens with one attached hydrogen (secondary N) is 1. The molecular formula is C18H19NO4. The molecule has 120 valence electrons. The smallest absolute Gasteiger partial charge is 0.307 e. The highest BCUT2D eigenvalue weighted by molar-refractivity contribution is 5.94. The zero-order chi connectivity index (χ0) is 16.7. The maximum Gasteiger partial charge on any atom is 0.307 e. The first-order valence-corrected chi connectivity index (χ1v) is 7.20. The molecule has 0 radical (unpaired) electrons. The van der Waals surface area contributed by atoms with Crippen LogP contribution in [0.1, 0.15) is 28.4 Å². The van der Waals surface area contributed by atoms with Crippen LogP contribution in [0.5, 0.6) is 5.75 Å². The van der Waals surface area contributed by atoms with Crippen molar-refractivity contribution in [3.63, 3.8) is 0 Å². The van der Waals surface area contributed by atoms with E-state index >= 15 is 0 Å². The van der Waals surface area contributed by atoms with E-state index < -0.39 is 12.0 Å². The molecule has 23 heavy (non-hydrogen) atoms. The van der Waals surface area contributed by atoms with Crippen molar-refractivity contribution in [1.82, 2.24) is 5.32 Å². The molecule has 2 aromatic rings. The Labute approximate surface area is 135 Å². The number of carbonyl (C=O) groups is 2. The molecule has 0 aliphatic rings. The van der Waals surface area contributed by atoms with Gasteiger partial charge in [0.1, 0.15) is 5.75 Å². The maximum absolute atomic E-state index is 12.4. The Morgan fingerprint density at radius 3 is 2.43 bits per heavy atom. The average Bonchev–Trinajstić information content (AvgIpc) is 2.61. The van der Waals surface area contributed by atoms with E-state index in [-0.39, 0.29) is 12.3 Å². The summed E-state index contributed by atoms with van der Waals surface area (Å²) < 4.78 is 9.92. The summed E-state index contributed by atoms with van der Waals surface area (Å²) in [5.41, 5.74) is 1.31. The molecule has 2 aromatic carbocycles. The number of hydrogen-bond acceptors (Lipinski definition) is 4. The Balaban J connectivity index is 2.23. The van der Waals surface area contributed by atoms with Gasteiger partial charge in [0.15, 0.2) is 0 Å². The molecule has 1 unspecified atom stereocenters. The molecule has 0 heterocycles. The summed E-state index contributed by atoms with van der Waals surface area (Å²) >= 11 is 0. The fraction of sp³-hybridized carbons (Fsp3) is 0.222. The second-order valence-electron chi connectivity index (χ2n) is 4.95. The molecule has 5 heteroatoms. The summed E-state index contributed by atoms with van der Waals surface area (Å²) in [4.78, 5) is 24.0. The molecule has 0 aliphatic carbocycles. The minimum absolute atomic E-state index is 0.0439. The molecule has 1 atom stereocenters. The van der Waals surface area contributed by atoms with Crippen molar-refractivity contribution >= 4 is 11.9 Å². The maximum atomic E-state index is 12.4. The Morgan fingerprint density at radius 2 is 1.78 bits per heavy atom. The van der Waals surface area contributed by atoms with Crippen LogP contribution < -0.4 is 10.1 Å². The van der Waals surface area contributed by atoms with Crippen molar-refractivity contribution in [3.8, 4) is 5.75 Å². The molecule has 0 saturated heterocycles. The summed E-state index contributed by atoms with van der Waals surface area (Å²) in [6.45, 7) is 0. The Morgan fingerprint density at radius 1 is 1.04 bits per heavy atom. The highest BCUT2D eigenvalue weighted by Crippen LogP contribution is 2.22. The van der Waals surface area contributed by atoms with Gasteiger partial charge >= 0.3 is 5.97 Å². The van der Waals surface area contributed by atoms with Gasteiger partial charge in [0, 0.05) is 5.56 Å². The predicted molar refractivity (Wildman–Crippen MR) is 86.3 cm³/mol. The first kappa shape index (κ1) is 16.5. The summed E-state index contributed by atoms with van der Waals surface area (Å²) in [6.07, 6.45) is 0.0439. The molecule has 0 aliphatic heterocycles. The van der Waals surface area contributed by atoms with E-state index in [1.165, 1.54) is 7.11 Å². The van der Waals surface area contributed by atoms with Gasteiger partial charge in [0.2, 0.25) is 0 Å². The predicted octanol–water partition coefficient (Wildman–Crippen LogP) is 2.73. The number of benzene rings is 2. The van der Waals surface area contributed by atoms with Crippen LogP contribution in [0.4, 0.5) is 0 Å². The van der Waals surface area contributed by atoms with Gasteiger partial charge in [0.25, 0.3) is 5.91 Å². The van der Waals surface area contributed by atoms with Crippen LogP contribution in [0, 0.1) is 0 Å². The van der Waals surface area contributed by atoms with E-state index in [1.807, 2.05) is 18.2 Å². The SMILES string of the molecule is COC(=O)CC(NC(=O)c1ccccc1)c1cccc(OC)c1. The molecule has 1 amide bonds. The number of carbonyl (C=O) groups excluding carboxylic acids is 2. The van der Waals surface area contributed by atoms with Crippen LogP contribution in [-0.4, -0.2) is 26.1 Å². The third kappa shape index (κ3) is 4.57. The zero-order valence-corrected chi connectivity index (χ0v) is 13.1. The number of hydrogen-bond donors (Lipinski definition) is 1. The van der Waals surface area contributed by atoms with Gasteiger partial charge in [-0.1, -0.05) is 30.3 Å². The van der Waals surface area contributed by atoms with Crippen LogP contribution >= 0.6 is 0 Å². The second-order valence-corrected chi connectivity index (χ2v) is 4.95. The molecule has 0 fully saturated rings. The van der Waals surface area contributed by atoms with Crippen LogP contribution in [-0.2, 0) is 9.53 Å². The molecular weight excluding hydrogens is 294 g/mol. The Hall–Kier alpha value is -2.82. The molecule has 0 spiro atoms. The second kappa shape index (κ2) is 7.98. The van der Waals surface area contributed by atoms with Crippen molar-refractivity contribution < 1.29 is 19.1 Å². The van der Waals surface area contributed by atoms with Crippen molar-refractivity contribution in [2.45, 2.75) is 12.5 Å². The number of ether oxygens (including phenoxy) is 2. The lowest BCUT2D eigenvalue weighted by atomic mass is 10.0. The van der Waals surface area contributed by atoms with E-state index in [2.05, 4.69) is 5.32 Å². The average molecular weight is 313 g/mol. The molecule has 2 rings (SSSR count). The first-order chi connectivity index (χ1) is 11.1. The van der Waals surface area contributed by atoms with Gasteiger partial charge in [-0.2, -0.15) is 0 Å². The van der Waals surface area contributed by atoms with Crippen molar-refractivity contribution in [2.75, 3.05) is 14.2 Å². The number of rotatable bonds is 6. The van der Waals surface area contributed by atoms with Gasteiger partial charge in [-0.15, -0.1) is 0 Å².